The van der Waals surface area contributed by atoms with Crippen molar-refractivity contribution >= 4 is 23.2 Å². The first-order chi connectivity index (χ1) is 13.9. The van der Waals surface area contributed by atoms with Crippen molar-refractivity contribution in [3.05, 3.63) is 59.7 Å². The molecule has 0 saturated carbocycles. The molecule has 1 N–H and O–H groups in total. The van der Waals surface area contributed by atoms with Crippen LogP contribution >= 0.6 is 11.6 Å². The second kappa shape index (κ2) is 11.6. The fourth-order valence-corrected chi connectivity index (χ4v) is 2.17. The van der Waals surface area contributed by atoms with Crippen molar-refractivity contribution in [2.24, 2.45) is 0 Å². The Kier molecular flexibility index (Phi) is 9.12. The number of halogens is 1. The molecule has 0 amide bonds. The van der Waals surface area contributed by atoms with E-state index in [9.17, 15) is 9.59 Å². The van der Waals surface area contributed by atoms with Gasteiger partial charge in [-0.3, -0.25) is 9.59 Å². The average molecular weight is 421 g/mol. The average Bonchev–Trinajstić information content (AvgIpc) is 3.62. The van der Waals surface area contributed by atoms with Gasteiger partial charge in [-0.25, -0.2) is 0 Å². The van der Waals surface area contributed by atoms with Crippen LogP contribution in [0.15, 0.2) is 48.5 Å². The van der Waals surface area contributed by atoms with E-state index in [0.717, 1.165) is 19.0 Å². The summed E-state index contributed by atoms with van der Waals surface area (Å²) in [5.41, 5.74) is 1.33. The Labute approximate surface area is 175 Å². The number of phenolic OH excluding ortho intramolecular Hbond substituents is 1. The first-order valence-corrected chi connectivity index (χ1v) is 9.75. The minimum absolute atomic E-state index is 0.0139. The number of aromatic hydroxyl groups is 1. The maximum atomic E-state index is 11.0. The largest absolute Gasteiger partial charge is 0.508 e. The van der Waals surface area contributed by atoms with Gasteiger partial charge in [-0.1, -0.05) is 0 Å². The van der Waals surface area contributed by atoms with Crippen molar-refractivity contribution in [3.8, 4) is 11.5 Å². The zero-order valence-corrected chi connectivity index (χ0v) is 17.2. The predicted molar refractivity (Wildman–Crippen MR) is 110 cm³/mol. The standard InChI is InChI=1S/C11H12O3.C8H8O2.C3H5ClO/c1-8(12)9-2-4-10(5-3-9)13-6-11-7-14-11;1-6(9)7-2-4-8(10)5-3-7;4-1-3-2-5-3/h2-5,11H,6-7H2,1H3;2-5,10H,1H3;3H,1-2H2. The van der Waals surface area contributed by atoms with Crippen molar-refractivity contribution in [1.29, 1.82) is 0 Å². The molecule has 2 heterocycles. The van der Waals surface area contributed by atoms with Gasteiger partial charge in [-0.2, -0.15) is 0 Å². The summed E-state index contributed by atoms with van der Waals surface area (Å²) in [6.45, 7) is 5.31. The zero-order chi connectivity index (χ0) is 21.2. The van der Waals surface area contributed by atoms with Gasteiger partial charge in [0.1, 0.15) is 24.2 Å². The van der Waals surface area contributed by atoms with E-state index in [0.29, 0.717) is 29.7 Å². The number of hydrogen-bond acceptors (Lipinski definition) is 6. The molecule has 2 aromatic carbocycles. The Hall–Kier alpha value is -2.41. The molecule has 7 heteroatoms. The number of hydrogen-bond donors (Lipinski definition) is 1. The van der Waals surface area contributed by atoms with E-state index in [-0.39, 0.29) is 23.4 Å². The summed E-state index contributed by atoms with van der Waals surface area (Å²) in [7, 11) is 0. The lowest BCUT2D eigenvalue weighted by molar-refractivity contribution is 0.100. The van der Waals surface area contributed by atoms with Crippen molar-refractivity contribution in [3.63, 3.8) is 0 Å². The first-order valence-electron chi connectivity index (χ1n) is 9.22. The molecule has 156 valence electrons. The molecule has 2 unspecified atom stereocenters. The summed E-state index contributed by atoms with van der Waals surface area (Å²) in [6.07, 6.45) is 0.666. The monoisotopic (exact) mass is 420 g/mol. The topological polar surface area (TPSA) is 88.7 Å². The van der Waals surface area contributed by atoms with Crippen molar-refractivity contribution in [2.75, 3.05) is 25.7 Å². The molecule has 2 aliphatic rings. The van der Waals surface area contributed by atoms with Gasteiger partial charge in [0.2, 0.25) is 0 Å². The predicted octanol–water partition coefficient (Wildman–Crippen LogP) is 3.89. The lowest BCUT2D eigenvalue weighted by Crippen LogP contribution is -2.04. The summed E-state index contributed by atoms with van der Waals surface area (Å²) in [5.74, 6) is 1.72. The molecule has 2 aromatic rings. The number of benzene rings is 2. The summed E-state index contributed by atoms with van der Waals surface area (Å²) in [6, 6.07) is 13.3. The van der Waals surface area contributed by atoms with Crippen LogP contribution < -0.4 is 4.74 Å². The molecule has 0 bridgehead atoms. The molecule has 4 rings (SSSR count). The van der Waals surface area contributed by atoms with Gasteiger partial charge in [0.15, 0.2) is 11.6 Å². The van der Waals surface area contributed by atoms with Gasteiger partial charge in [-0.05, 0) is 62.4 Å². The van der Waals surface area contributed by atoms with Gasteiger partial charge in [0.05, 0.1) is 25.2 Å². The minimum atomic E-state index is 0.0139. The van der Waals surface area contributed by atoms with Crippen LogP contribution in [0.1, 0.15) is 34.6 Å². The van der Waals surface area contributed by atoms with Crippen LogP contribution in [0.2, 0.25) is 0 Å². The SMILES string of the molecule is CC(=O)c1ccc(O)cc1.CC(=O)c1ccc(OCC2CO2)cc1.ClCC1CO1. The van der Waals surface area contributed by atoms with E-state index >= 15 is 0 Å². The number of ether oxygens (including phenoxy) is 3. The maximum absolute atomic E-state index is 11.0. The molecule has 0 spiro atoms. The van der Waals surface area contributed by atoms with E-state index in [1.165, 1.54) is 19.1 Å². The number of ketones is 2. The number of alkyl halides is 1. The molecule has 6 nitrogen and oxygen atoms in total. The number of phenols is 1. The van der Waals surface area contributed by atoms with Crippen LogP contribution in [0.4, 0.5) is 0 Å². The second-order valence-electron chi connectivity index (χ2n) is 6.56. The quantitative estimate of drug-likeness (QED) is 0.433. The molecule has 0 radical (unpaired) electrons. The van der Waals surface area contributed by atoms with E-state index < -0.39 is 0 Å². The highest BCUT2D eigenvalue weighted by molar-refractivity contribution is 6.18. The molecule has 2 aliphatic heterocycles. The molecular weight excluding hydrogens is 396 g/mol. The minimum Gasteiger partial charge on any atom is -0.508 e. The third-order valence-corrected chi connectivity index (χ3v) is 4.29. The Bertz CT molecular complexity index is 780. The van der Waals surface area contributed by atoms with E-state index in [1.807, 2.05) is 0 Å². The highest BCUT2D eigenvalue weighted by atomic mass is 35.5. The third-order valence-electron chi connectivity index (χ3n) is 3.95. The Balaban J connectivity index is 0.000000173. The second-order valence-corrected chi connectivity index (χ2v) is 6.87. The Morgan fingerprint density at radius 2 is 1.38 bits per heavy atom. The van der Waals surface area contributed by atoms with Crippen molar-refractivity contribution in [1.82, 2.24) is 0 Å². The third kappa shape index (κ3) is 9.56. The van der Waals surface area contributed by atoms with E-state index in [2.05, 4.69) is 0 Å². The number of carbonyl (C=O) groups is 2. The van der Waals surface area contributed by atoms with Crippen molar-refractivity contribution in [2.45, 2.75) is 26.1 Å². The van der Waals surface area contributed by atoms with Gasteiger partial charge >= 0.3 is 0 Å². The van der Waals surface area contributed by atoms with Crippen LogP contribution in [-0.2, 0) is 9.47 Å². The number of Topliss-reactive ketones (excluding diaryl/α,β-unsaturated/α-hetero) is 2. The van der Waals surface area contributed by atoms with Gasteiger partial charge in [-0.15, -0.1) is 11.6 Å². The normalized spacial score (nSPS) is 18.3. The number of epoxide rings is 2. The first kappa shape index (κ1) is 22.9. The zero-order valence-electron chi connectivity index (χ0n) is 16.5. The highest BCUT2D eigenvalue weighted by Crippen LogP contribution is 2.16. The smallest absolute Gasteiger partial charge is 0.159 e. The molecule has 0 aliphatic carbocycles. The van der Waals surface area contributed by atoms with Crippen molar-refractivity contribution < 1.29 is 28.9 Å². The molecule has 2 fully saturated rings. The van der Waals surface area contributed by atoms with Crippen LogP contribution in [0.5, 0.6) is 11.5 Å². The van der Waals surface area contributed by atoms with E-state index in [4.69, 9.17) is 30.9 Å². The van der Waals surface area contributed by atoms with E-state index in [1.54, 1.807) is 43.3 Å². The summed E-state index contributed by atoms with van der Waals surface area (Å²) in [5, 5.41) is 8.83. The van der Waals surface area contributed by atoms with Gasteiger partial charge in [0, 0.05) is 11.1 Å². The molecule has 2 atom stereocenters. The van der Waals surface area contributed by atoms with Crippen LogP contribution in [0.25, 0.3) is 0 Å². The van der Waals surface area contributed by atoms with Crippen LogP contribution in [0, 0.1) is 0 Å². The van der Waals surface area contributed by atoms with Gasteiger partial charge < -0.3 is 19.3 Å². The summed E-state index contributed by atoms with van der Waals surface area (Å²) in [4.78, 5) is 21.6. The molecule has 2 saturated heterocycles. The molecular formula is C22H25ClO6. The summed E-state index contributed by atoms with van der Waals surface area (Å²) >= 11 is 5.27. The summed E-state index contributed by atoms with van der Waals surface area (Å²) < 4.78 is 15.2. The fourth-order valence-electron chi connectivity index (χ4n) is 1.99. The highest BCUT2D eigenvalue weighted by Gasteiger charge is 2.23. The number of rotatable bonds is 6. The van der Waals surface area contributed by atoms with Crippen LogP contribution in [-0.4, -0.2) is 54.6 Å². The number of carbonyl (C=O) groups excluding carboxylic acids is 2. The maximum Gasteiger partial charge on any atom is 0.159 e. The lowest BCUT2D eigenvalue weighted by atomic mass is 10.1. The Morgan fingerprint density at radius 3 is 1.72 bits per heavy atom. The molecule has 29 heavy (non-hydrogen) atoms. The Morgan fingerprint density at radius 1 is 0.931 bits per heavy atom. The van der Waals surface area contributed by atoms with Crippen LogP contribution in [0.3, 0.4) is 0 Å². The molecule has 0 aromatic heterocycles. The fraction of sp³-hybridized carbons (Fsp3) is 0.364. The van der Waals surface area contributed by atoms with Gasteiger partial charge in [0.25, 0.3) is 0 Å². The lowest BCUT2D eigenvalue weighted by Gasteiger charge is -2.03.